The molecule has 1 amide bonds. The minimum absolute atomic E-state index is 0.176. The highest BCUT2D eigenvalue weighted by atomic mass is 16.1. The molecule has 1 aliphatic carbocycles. The van der Waals surface area contributed by atoms with Gasteiger partial charge in [0.05, 0.1) is 11.9 Å². The highest BCUT2D eigenvalue weighted by Gasteiger charge is 2.21. The molecule has 4 heteroatoms. The van der Waals surface area contributed by atoms with E-state index >= 15 is 0 Å². The average molecular weight is 281 g/mol. The summed E-state index contributed by atoms with van der Waals surface area (Å²) in [4.78, 5) is 16.5. The van der Waals surface area contributed by atoms with E-state index in [2.05, 4.69) is 15.6 Å². The normalized spacial score (nSPS) is 13.8. The zero-order valence-electron chi connectivity index (χ0n) is 12.3. The van der Waals surface area contributed by atoms with Crippen LogP contribution in [0.2, 0.25) is 0 Å². The van der Waals surface area contributed by atoms with Gasteiger partial charge in [-0.15, -0.1) is 0 Å². The number of pyridine rings is 1. The van der Waals surface area contributed by atoms with E-state index in [9.17, 15) is 4.79 Å². The van der Waals surface area contributed by atoms with Gasteiger partial charge in [-0.2, -0.15) is 0 Å². The quantitative estimate of drug-likeness (QED) is 0.901. The Hall–Kier alpha value is -2.36. The zero-order chi connectivity index (χ0) is 14.8. The van der Waals surface area contributed by atoms with Crippen molar-refractivity contribution in [1.82, 2.24) is 4.98 Å². The van der Waals surface area contributed by atoms with E-state index in [0.717, 1.165) is 22.5 Å². The number of anilines is 2. The van der Waals surface area contributed by atoms with E-state index < -0.39 is 0 Å². The van der Waals surface area contributed by atoms with Gasteiger partial charge in [-0.25, -0.2) is 4.98 Å². The number of amides is 1. The van der Waals surface area contributed by atoms with Crippen LogP contribution in [0.25, 0.3) is 0 Å². The molecular formula is C17H19N3O. The van der Waals surface area contributed by atoms with Gasteiger partial charge in [0.25, 0.3) is 5.91 Å². The first-order chi connectivity index (χ1) is 10.1. The number of nitrogens with one attached hydrogen (secondary N) is 2. The van der Waals surface area contributed by atoms with Gasteiger partial charge >= 0.3 is 0 Å². The third-order valence-corrected chi connectivity index (χ3v) is 3.66. The van der Waals surface area contributed by atoms with Crippen LogP contribution in [-0.4, -0.2) is 16.9 Å². The molecule has 0 atom stereocenters. The summed E-state index contributed by atoms with van der Waals surface area (Å²) in [6.07, 6.45) is 4.15. The lowest BCUT2D eigenvalue weighted by Gasteiger charge is -2.11. The number of carbonyl (C=O) groups is 1. The Morgan fingerprint density at radius 3 is 2.43 bits per heavy atom. The first-order valence-corrected chi connectivity index (χ1v) is 7.23. The van der Waals surface area contributed by atoms with Gasteiger partial charge in [-0.3, -0.25) is 4.79 Å². The van der Waals surface area contributed by atoms with E-state index in [-0.39, 0.29) is 5.91 Å². The van der Waals surface area contributed by atoms with Gasteiger partial charge in [0, 0.05) is 11.7 Å². The second-order valence-corrected chi connectivity index (χ2v) is 5.57. The fraction of sp³-hybridized carbons (Fsp3) is 0.294. The molecule has 3 rings (SSSR count). The van der Waals surface area contributed by atoms with Gasteiger partial charge in [-0.05, 0) is 49.9 Å². The Bertz CT molecular complexity index is 640. The van der Waals surface area contributed by atoms with Crippen molar-refractivity contribution in [2.45, 2.75) is 32.7 Å². The van der Waals surface area contributed by atoms with Crippen LogP contribution < -0.4 is 10.6 Å². The third-order valence-electron chi connectivity index (χ3n) is 3.66. The molecule has 0 spiro atoms. The van der Waals surface area contributed by atoms with Crippen molar-refractivity contribution >= 4 is 17.3 Å². The number of rotatable bonds is 4. The second-order valence-electron chi connectivity index (χ2n) is 5.57. The molecule has 1 aromatic heterocycles. The minimum Gasteiger partial charge on any atom is -0.381 e. The molecule has 1 saturated carbocycles. The summed E-state index contributed by atoms with van der Waals surface area (Å²) < 4.78 is 0. The third kappa shape index (κ3) is 3.21. The fourth-order valence-corrected chi connectivity index (χ4v) is 2.27. The largest absolute Gasteiger partial charge is 0.381 e. The standard InChI is InChI=1S/C17H19N3O/c1-11-4-3-5-12(2)16(11)20-17(21)15-9-8-14(10-18-15)19-13-6-7-13/h3-5,8-10,13,19H,6-7H2,1-2H3,(H,20,21). The fourth-order valence-electron chi connectivity index (χ4n) is 2.27. The number of benzene rings is 1. The average Bonchev–Trinajstić information content (AvgIpc) is 3.28. The zero-order valence-corrected chi connectivity index (χ0v) is 12.3. The van der Waals surface area contributed by atoms with Crippen LogP contribution in [0.15, 0.2) is 36.5 Å². The van der Waals surface area contributed by atoms with E-state index in [1.54, 1.807) is 12.3 Å². The van der Waals surface area contributed by atoms with Gasteiger partial charge in [0.1, 0.15) is 5.69 Å². The molecule has 1 aromatic carbocycles. The number of aromatic nitrogens is 1. The number of hydrogen-bond donors (Lipinski definition) is 2. The van der Waals surface area contributed by atoms with Gasteiger partial charge in [-0.1, -0.05) is 18.2 Å². The molecule has 0 saturated heterocycles. The van der Waals surface area contributed by atoms with Crippen molar-refractivity contribution in [3.8, 4) is 0 Å². The number of nitrogens with zero attached hydrogens (tertiary/aromatic N) is 1. The Morgan fingerprint density at radius 1 is 1.14 bits per heavy atom. The van der Waals surface area contributed by atoms with Crippen molar-refractivity contribution in [2.75, 3.05) is 10.6 Å². The van der Waals surface area contributed by atoms with Crippen molar-refractivity contribution < 1.29 is 4.79 Å². The molecule has 4 nitrogen and oxygen atoms in total. The van der Waals surface area contributed by atoms with Crippen molar-refractivity contribution in [3.05, 3.63) is 53.3 Å². The highest BCUT2D eigenvalue weighted by Crippen LogP contribution is 2.24. The van der Waals surface area contributed by atoms with Gasteiger partial charge in [0.15, 0.2) is 0 Å². The Balaban J connectivity index is 1.72. The van der Waals surface area contributed by atoms with Crippen molar-refractivity contribution in [3.63, 3.8) is 0 Å². The summed E-state index contributed by atoms with van der Waals surface area (Å²) in [5.41, 5.74) is 4.37. The summed E-state index contributed by atoms with van der Waals surface area (Å²) in [7, 11) is 0. The van der Waals surface area contributed by atoms with E-state index in [1.807, 2.05) is 38.1 Å². The van der Waals surface area contributed by atoms with Crippen LogP contribution in [0.3, 0.4) is 0 Å². The molecule has 0 aliphatic heterocycles. The number of aryl methyl sites for hydroxylation is 2. The molecule has 1 aliphatic rings. The van der Waals surface area contributed by atoms with Crippen LogP contribution in [0.4, 0.5) is 11.4 Å². The maximum absolute atomic E-state index is 12.3. The van der Waals surface area contributed by atoms with Crippen LogP contribution in [-0.2, 0) is 0 Å². The highest BCUT2D eigenvalue weighted by molar-refractivity contribution is 6.03. The van der Waals surface area contributed by atoms with E-state index in [0.29, 0.717) is 11.7 Å². The second kappa shape index (κ2) is 5.56. The Labute approximate surface area is 124 Å². The Morgan fingerprint density at radius 2 is 1.86 bits per heavy atom. The van der Waals surface area contributed by atoms with Crippen molar-refractivity contribution in [2.24, 2.45) is 0 Å². The van der Waals surface area contributed by atoms with Crippen LogP contribution in [0, 0.1) is 13.8 Å². The molecule has 108 valence electrons. The summed E-state index contributed by atoms with van der Waals surface area (Å²) in [6.45, 7) is 3.97. The van der Waals surface area contributed by atoms with E-state index in [4.69, 9.17) is 0 Å². The maximum Gasteiger partial charge on any atom is 0.274 e. The SMILES string of the molecule is Cc1cccc(C)c1NC(=O)c1ccc(NC2CC2)cn1. The first-order valence-electron chi connectivity index (χ1n) is 7.23. The number of carbonyl (C=O) groups excluding carboxylic acids is 1. The molecule has 0 radical (unpaired) electrons. The van der Waals surface area contributed by atoms with Crippen molar-refractivity contribution in [1.29, 1.82) is 0 Å². The summed E-state index contributed by atoms with van der Waals surface area (Å²) in [5.74, 6) is -0.176. The van der Waals surface area contributed by atoms with Gasteiger partial charge < -0.3 is 10.6 Å². The lowest BCUT2D eigenvalue weighted by atomic mass is 10.1. The van der Waals surface area contributed by atoms with Crippen LogP contribution >= 0.6 is 0 Å². The lowest BCUT2D eigenvalue weighted by molar-refractivity contribution is 0.102. The summed E-state index contributed by atoms with van der Waals surface area (Å²) in [5, 5.41) is 6.30. The predicted octanol–water partition coefficient (Wildman–Crippen LogP) is 3.53. The molecule has 2 N–H and O–H groups in total. The summed E-state index contributed by atoms with van der Waals surface area (Å²) >= 11 is 0. The first kappa shape index (κ1) is 13.6. The van der Waals surface area contributed by atoms with E-state index in [1.165, 1.54) is 12.8 Å². The number of para-hydroxylation sites is 1. The smallest absolute Gasteiger partial charge is 0.274 e. The molecular weight excluding hydrogens is 262 g/mol. The monoisotopic (exact) mass is 281 g/mol. The lowest BCUT2D eigenvalue weighted by Crippen LogP contribution is -2.15. The molecule has 21 heavy (non-hydrogen) atoms. The topological polar surface area (TPSA) is 54.0 Å². The Kier molecular flexibility index (Phi) is 3.60. The summed E-state index contributed by atoms with van der Waals surface area (Å²) in [6, 6.07) is 10.2. The molecule has 2 aromatic rings. The van der Waals surface area contributed by atoms with Crippen LogP contribution in [0.5, 0.6) is 0 Å². The minimum atomic E-state index is -0.176. The van der Waals surface area contributed by atoms with Crippen LogP contribution in [0.1, 0.15) is 34.5 Å². The molecule has 1 fully saturated rings. The molecule has 0 unspecified atom stereocenters. The van der Waals surface area contributed by atoms with Gasteiger partial charge in [0.2, 0.25) is 0 Å². The maximum atomic E-state index is 12.3. The molecule has 0 bridgehead atoms. The number of hydrogen-bond acceptors (Lipinski definition) is 3. The molecule has 1 heterocycles. The predicted molar refractivity (Wildman–Crippen MR) is 84.8 cm³/mol.